The molecule has 0 atom stereocenters. The van der Waals surface area contributed by atoms with Crippen LogP contribution in [-0.4, -0.2) is 10.1 Å². The lowest BCUT2D eigenvalue weighted by Crippen LogP contribution is -2.04. The van der Waals surface area contributed by atoms with E-state index in [-0.39, 0.29) is 0 Å². The van der Waals surface area contributed by atoms with Crippen LogP contribution < -0.4 is 0 Å². The Morgan fingerprint density at radius 1 is 1.42 bits per heavy atom. The van der Waals surface area contributed by atoms with Gasteiger partial charge in [0.05, 0.1) is 0 Å². The topological polar surface area (TPSA) is 33.1 Å². The number of rotatable bonds is 0. The standard InChI is InChI=1S/C10H11NO/c1-7-4-5-8-3-2-6-11-9(8)10(7)12/h2-3,6,12H,4-5H2,1H3. The summed E-state index contributed by atoms with van der Waals surface area (Å²) in [5.74, 6) is 0.372. The summed E-state index contributed by atoms with van der Waals surface area (Å²) < 4.78 is 0. The van der Waals surface area contributed by atoms with Gasteiger partial charge < -0.3 is 5.11 Å². The van der Waals surface area contributed by atoms with Crippen LogP contribution in [0.5, 0.6) is 0 Å². The smallest absolute Gasteiger partial charge is 0.140 e. The molecule has 2 rings (SSSR count). The predicted molar refractivity (Wildman–Crippen MR) is 47.8 cm³/mol. The maximum atomic E-state index is 9.65. The van der Waals surface area contributed by atoms with Crippen LogP contribution in [0.25, 0.3) is 5.76 Å². The molecule has 0 amide bonds. The van der Waals surface area contributed by atoms with Crippen LogP contribution in [0.4, 0.5) is 0 Å². The first-order chi connectivity index (χ1) is 5.79. The second-order valence-corrected chi connectivity index (χ2v) is 3.14. The van der Waals surface area contributed by atoms with E-state index in [1.54, 1.807) is 6.20 Å². The number of aromatic nitrogens is 1. The van der Waals surface area contributed by atoms with Crippen LogP contribution in [0.3, 0.4) is 0 Å². The largest absolute Gasteiger partial charge is 0.506 e. The van der Waals surface area contributed by atoms with Crippen molar-refractivity contribution in [2.24, 2.45) is 0 Å². The van der Waals surface area contributed by atoms with Crippen molar-refractivity contribution in [2.45, 2.75) is 19.8 Å². The molecule has 1 N–H and O–H groups in total. The highest BCUT2D eigenvalue weighted by molar-refractivity contribution is 5.63. The number of nitrogens with zero attached hydrogens (tertiary/aromatic N) is 1. The van der Waals surface area contributed by atoms with E-state index < -0.39 is 0 Å². The Morgan fingerprint density at radius 2 is 2.25 bits per heavy atom. The van der Waals surface area contributed by atoms with E-state index >= 15 is 0 Å². The molecular formula is C10H11NO. The average Bonchev–Trinajstić information content (AvgIpc) is 2.12. The van der Waals surface area contributed by atoms with Gasteiger partial charge in [0.1, 0.15) is 11.5 Å². The Balaban J connectivity index is 2.59. The summed E-state index contributed by atoms with van der Waals surface area (Å²) in [6, 6.07) is 3.93. The zero-order chi connectivity index (χ0) is 8.55. The van der Waals surface area contributed by atoms with Gasteiger partial charge in [-0.3, -0.25) is 4.98 Å². The third-order valence-corrected chi connectivity index (χ3v) is 2.29. The quantitative estimate of drug-likeness (QED) is 0.633. The molecule has 2 heteroatoms. The molecule has 0 aliphatic heterocycles. The van der Waals surface area contributed by atoms with Crippen LogP contribution in [0.2, 0.25) is 0 Å². The van der Waals surface area contributed by atoms with Crippen LogP contribution in [0.1, 0.15) is 24.6 Å². The van der Waals surface area contributed by atoms with Crippen molar-refractivity contribution < 1.29 is 5.11 Å². The van der Waals surface area contributed by atoms with Crippen molar-refractivity contribution in [1.29, 1.82) is 0 Å². The fourth-order valence-electron chi connectivity index (χ4n) is 1.50. The summed E-state index contributed by atoms with van der Waals surface area (Å²) in [5.41, 5.74) is 2.96. The summed E-state index contributed by atoms with van der Waals surface area (Å²) in [6.07, 6.45) is 3.66. The highest BCUT2D eigenvalue weighted by Gasteiger charge is 2.15. The molecule has 1 aromatic rings. The lowest BCUT2D eigenvalue weighted by Gasteiger charge is -2.15. The second-order valence-electron chi connectivity index (χ2n) is 3.14. The lowest BCUT2D eigenvalue weighted by atomic mass is 9.95. The number of fused-ring (bicyclic) bond motifs is 1. The molecule has 1 aliphatic carbocycles. The van der Waals surface area contributed by atoms with Crippen molar-refractivity contribution in [3.8, 4) is 0 Å². The van der Waals surface area contributed by atoms with E-state index in [1.807, 2.05) is 19.1 Å². The maximum Gasteiger partial charge on any atom is 0.140 e. The molecule has 0 unspecified atom stereocenters. The van der Waals surface area contributed by atoms with E-state index in [0.717, 1.165) is 29.7 Å². The molecule has 12 heavy (non-hydrogen) atoms. The SMILES string of the molecule is CC1=C(O)c2ncccc2CC1. The molecule has 0 saturated carbocycles. The third kappa shape index (κ3) is 0.998. The van der Waals surface area contributed by atoms with Gasteiger partial charge >= 0.3 is 0 Å². The van der Waals surface area contributed by atoms with Crippen LogP contribution >= 0.6 is 0 Å². The van der Waals surface area contributed by atoms with Gasteiger partial charge in [-0.15, -0.1) is 0 Å². The number of allylic oxidation sites excluding steroid dienone is 1. The Labute approximate surface area is 71.6 Å². The zero-order valence-electron chi connectivity index (χ0n) is 7.04. The van der Waals surface area contributed by atoms with E-state index in [0.29, 0.717) is 5.76 Å². The number of hydrogen-bond donors (Lipinski definition) is 1. The molecule has 0 bridgehead atoms. The Bertz CT molecular complexity index is 341. The summed E-state index contributed by atoms with van der Waals surface area (Å²) >= 11 is 0. The number of aryl methyl sites for hydroxylation is 1. The highest BCUT2D eigenvalue weighted by Crippen LogP contribution is 2.26. The zero-order valence-corrected chi connectivity index (χ0v) is 7.04. The Kier molecular flexibility index (Phi) is 1.61. The summed E-state index contributed by atoms with van der Waals surface area (Å²) in [6.45, 7) is 1.95. The maximum absolute atomic E-state index is 9.65. The Hall–Kier alpha value is -1.31. The van der Waals surface area contributed by atoms with Crippen LogP contribution in [-0.2, 0) is 6.42 Å². The highest BCUT2D eigenvalue weighted by atomic mass is 16.3. The summed E-state index contributed by atoms with van der Waals surface area (Å²) in [5, 5.41) is 9.65. The third-order valence-electron chi connectivity index (χ3n) is 2.29. The fraction of sp³-hybridized carbons (Fsp3) is 0.300. The van der Waals surface area contributed by atoms with Gasteiger partial charge in [0.2, 0.25) is 0 Å². The molecule has 1 heterocycles. The minimum absolute atomic E-state index is 0.372. The first-order valence-electron chi connectivity index (χ1n) is 4.12. The van der Waals surface area contributed by atoms with E-state index in [9.17, 15) is 5.11 Å². The van der Waals surface area contributed by atoms with Gasteiger partial charge in [-0.1, -0.05) is 6.07 Å². The molecule has 0 radical (unpaired) electrons. The molecular weight excluding hydrogens is 150 g/mol. The van der Waals surface area contributed by atoms with Gasteiger partial charge in [-0.2, -0.15) is 0 Å². The van der Waals surface area contributed by atoms with Crippen molar-refractivity contribution >= 4 is 5.76 Å². The second kappa shape index (κ2) is 2.63. The molecule has 0 spiro atoms. The number of hydrogen-bond acceptors (Lipinski definition) is 2. The van der Waals surface area contributed by atoms with Gasteiger partial charge in [0, 0.05) is 6.20 Å². The number of aliphatic hydroxyl groups is 1. The normalized spacial score (nSPS) is 16.1. The minimum Gasteiger partial charge on any atom is -0.506 e. The van der Waals surface area contributed by atoms with E-state index in [1.165, 1.54) is 0 Å². The van der Waals surface area contributed by atoms with Crippen molar-refractivity contribution in [3.63, 3.8) is 0 Å². The lowest BCUT2D eigenvalue weighted by molar-refractivity contribution is 0.495. The van der Waals surface area contributed by atoms with Crippen LogP contribution in [0, 0.1) is 0 Å². The van der Waals surface area contributed by atoms with Crippen molar-refractivity contribution in [1.82, 2.24) is 4.98 Å². The minimum atomic E-state index is 0.372. The molecule has 0 saturated heterocycles. The monoisotopic (exact) mass is 161 g/mol. The summed E-state index contributed by atoms with van der Waals surface area (Å²) in [4.78, 5) is 4.14. The first-order valence-corrected chi connectivity index (χ1v) is 4.12. The average molecular weight is 161 g/mol. The van der Waals surface area contributed by atoms with E-state index in [2.05, 4.69) is 4.98 Å². The van der Waals surface area contributed by atoms with Crippen molar-refractivity contribution in [3.05, 3.63) is 35.2 Å². The van der Waals surface area contributed by atoms with Gasteiger partial charge in [0.15, 0.2) is 0 Å². The molecule has 2 nitrogen and oxygen atoms in total. The molecule has 62 valence electrons. The Morgan fingerprint density at radius 3 is 3.08 bits per heavy atom. The van der Waals surface area contributed by atoms with Gasteiger partial charge in [-0.25, -0.2) is 0 Å². The molecule has 0 fully saturated rings. The first kappa shape index (κ1) is 7.35. The van der Waals surface area contributed by atoms with Gasteiger partial charge in [0.25, 0.3) is 0 Å². The fourth-order valence-corrected chi connectivity index (χ4v) is 1.50. The molecule has 0 aromatic carbocycles. The number of pyridine rings is 1. The van der Waals surface area contributed by atoms with Crippen LogP contribution in [0.15, 0.2) is 23.9 Å². The molecule has 1 aromatic heterocycles. The van der Waals surface area contributed by atoms with Crippen molar-refractivity contribution in [2.75, 3.05) is 0 Å². The predicted octanol–water partition coefficient (Wildman–Crippen LogP) is 2.32. The molecule has 1 aliphatic rings. The van der Waals surface area contributed by atoms with E-state index in [4.69, 9.17) is 0 Å². The summed E-state index contributed by atoms with van der Waals surface area (Å²) in [7, 11) is 0. The van der Waals surface area contributed by atoms with Gasteiger partial charge in [-0.05, 0) is 37.0 Å². The number of aliphatic hydroxyl groups excluding tert-OH is 1.